The molecule has 1 aromatic rings. The van der Waals surface area contributed by atoms with Gasteiger partial charge in [0.1, 0.15) is 0 Å². The number of nitrogen functional groups attached to an aromatic ring is 1. The quantitative estimate of drug-likeness (QED) is 0.816. The molecule has 0 aromatic heterocycles. The van der Waals surface area contributed by atoms with Crippen LogP contribution < -0.4 is 10.5 Å². The molecular formula is C12H17ClN2O2S. The number of nitrogens with one attached hydrogen (secondary N) is 1. The Balaban J connectivity index is 2.07. The van der Waals surface area contributed by atoms with E-state index in [-0.39, 0.29) is 10.6 Å². The second-order valence-corrected chi connectivity index (χ2v) is 7.02. The Morgan fingerprint density at radius 3 is 2.72 bits per heavy atom. The van der Waals surface area contributed by atoms with Crippen molar-refractivity contribution in [2.24, 2.45) is 11.8 Å². The lowest BCUT2D eigenvalue weighted by atomic mass is 10.1. The van der Waals surface area contributed by atoms with Crippen molar-refractivity contribution in [1.82, 2.24) is 4.72 Å². The first-order valence-corrected chi connectivity index (χ1v) is 7.81. The monoisotopic (exact) mass is 288 g/mol. The average Bonchev–Trinajstić information content (AvgIpc) is 3.13. The van der Waals surface area contributed by atoms with Crippen LogP contribution in [0.3, 0.4) is 0 Å². The van der Waals surface area contributed by atoms with E-state index in [1.807, 2.05) is 0 Å². The Morgan fingerprint density at radius 2 is 2.17 bits per heavy atom. The lowest BCUT2D eigenvalue weighted by Crippen LogP contribution is -2.29. The van der Waals surface area contributed by atoms with Gasteiger partial charge >= 0.3 is 0 Å². The summed E-state index contributed by atoms with van der Waals surface area (Å²) in [4.78, 5) is 0.160. The van der Waals surface area contributed by atoms with Gasteiger partial charge in [0.15, 0.2) is 0 Å². The van der Waals surface area contributed by atoms with E-state index in [4.69, 9.17) is 17.3 Å². The predicted octanol–water partition coefficient (Wildman–Crippen LogP) is 2.25. The zero-order valence-electron chi connectivity index (χ0n) is 10.2. The van der Waals surface area contributed by atoms with Gasteiger partial charge in [-0.2, -0.15) is 0 Å². The van der Waals surface area contributed by atoms with Crippen molar-refractivity contribution in [1.29, 1.82) is 0 Å². The molecule has 0 bridgehead atoms. The number of rotatable bonds is 5. The van der Waals surface area contributed by atoms with Crippen molar-refractivity contribution in [2.45, 2.75) is 24.7 Å². The molecule has 1 atom stereocenters. The summed E-state index contributed by atoms with van der Waals surface area (Å²) in [6.07, 6.45) is 2.41. The van der Waals surface area contributed by atoms with Crippen molar-refractivity contribution < 1.29 is 8.42 Å². The normalized spacial score (nSPS) is 17.7. The summed E-state index contributed by atoms with van der Waals surface area (Å²) in [6, 6.07) is 4.34. The van der Waals surface area contributed by atoms with Crippen LogP contribution in [-0.4, -0.2) is 15.0 Å². The van der Waals surface area contributed by atoms with Crippen molar-refractivity contribution in [2.75, 3.05) is 12.3 Å². The maximum absolute atomic E-state index is 12.0. The van der Waals surface area contributed by atoms with Gasteiger partial charge in [-0.15, -0.1) is 0 Å². The fourth-order valence-corrected chi connectivity index (χ4v) is 3.14. The summed E-state index contributed by atoms with van der Waals surface area (Å²) in [7, 11) is -3.49. The second-order valence-electron chi connectivity index (χ2n) is 4.85. The molecule has 1 aromatic carbocycles. The summed E-state index contributed by atoms with van der Waals surface area (Å²) in [5.41, 5.74) is 5.88. The molecular weight excluding hydrogens is 272 g/mol. The van der Waals surface area contributed by atoms with E-state index in [1.165, 1.54) is 31.0 Å². The van der Waals surface area contributed by atoms with E-state index in [0.717, 1.165) is 0 Å². The Morgan fingerprint density at radius 1 is 1.50 bits per heavy atom. The summed E-state index contributed by atoms with van der Waals surface area (Å²) in [5.74, 6) is 1.05. The van der Waals surface area contributed by atoms with Crippen molar-refractivity contribution in [3.05, 3.63) is 23.2 Å². The van der Waals surface area contributed by atoms with Gasteiger partial charge in [-0.25, -0.2) is 13.1 Å². The fraction of sp³-hybridized carbons (Fsp3) is 0.500. The number of hydrogen-bond donors (Lipinski definition) is 2. The molecule has 3 N–H and O–H groups in total. The maximum atomic E-state index is 12.0. The minimum absolute atomic E-state index is 0.160. The van der Waals surface area contributed by atoms with Gasteiger partial charge in [-0.1, -0.05) is 18.5 Å². The largest absolute Gasteiger partial charge is 0.397 e. The zero-order chi connectivity index (χ0) is 13.3. The highest BCUT2D eigenvalue weighted by Gasteiger charge is 2.28. The summed E-state index contributed by atoms with van der Waals surface area (Å²) in [6.45, 7) is 2.53. The molecule has 2 rings (SSSR count). The average molecular weight is 289 g/mol. The van der Waals surface area contributed by atoms with E-state index >= 15 is 0 Å². The van der Waals surface area contributed by atoms with Crippen LogP contribution in [0.2, 0.25) is 5.02 Å². The van der Waals surface area contributed by atoms with Crippen LogP contribution in [0.25, 0.3) is 0 Å². The van der Waals surface area contributed by atoms with Crippen molar-refractivity contribution >= 4 is 27.3 Å². The Bertz CT molecular complexity index is 541. The molecule has 1 fully saturated rings. The van der Waals surface area contributed by atoms with Crippen molar-refractivity contribution in [3.8, 4) is 0 Å². The highest BCUT2D eigenvalue weighted by atomic mass is 35.5. The third-order valence-corrected chi connectivity index (χ3v) is 5.07. The number of sulfonamides is 1. The molecule has 0 aliphatic heterocycles. The predicted molar refractivity (Wildman–Crippen MR) is 72.9 cm³/mol. The van der Waals surface area contributed by atoms with Crippen LogP contribution in [0, 0.1) is 11.8 Å². The lowest BCUT2D eigenvalue weighted by molar-refractivity contribution is 0.492. The van der Waals surface area contributed by atoms with E-state index in [2.05, 4.69) is 11.6 Å². The molecule has 0 saturated heterocycles. The molecule has 0 spiro atoms. The minimum Gasteiger partial charge on any atom is -0.397 e. The van der Waals surface area contributed by atoms with Crippen LogP contribution in [0.1, 0.15) is 19.8 Å². The first kappa shape index (κ1) is 13.6. The lowest BCUT2D eigenvalue weighted by Gasteiger charge is -2.12. The van der Waals surface area contributed by atoms with Gasteiger partial charge in [-0.05, 0) is 42.9 Å². The molecule has 1 aliphatic carbocycles. The number of anilines is 1. The Kier molecular flexibility index (Phi) is 3.84. The molecule has 4 nitrogen and oxygen atoms in total. The topological polar surface area (TPSA) is 72.2 Å². The summed E-state index contributed by atoms with van der Waals surface area (Å²) < 4.78 is 26.7. The van der Waals surface area contributed by atoms with Gasteiger partial charge in [0.2, 0.25) is 10.0 Å². The van der Waals surface area contributed by atoms with E-state index in [0.29, 0.717) is 23.4 Å². The van der Waals surface area contributed by atoms with E-state index in [9.17, 15) is 8.42 Å². The van der Waals surface area contributed by atoms with Crippen LogP contribution in [0.5, 0.6) is 0 Å². The molecule has 1 unspecified atom stereocenters. The molecule has 0 radical (unpaired) electrons. The van der Waals surface area contributed by atoms with Crippen LogP contribution in [0.15, 0.2) is 23.1 Å². The van der Waals surface area contributed by atoms with Gasteiger partial charge in [0.05, 0.1) is 15.6 Å². The Hall–Kier alpha value is -0.780. The third-order valence-electron chi connectivity index (χ3n) is 3.30. The van der Waals surface area contributed by atoms with Crippen LogP contribution in [0.4, 0.5) is 5.69 Å². The number of benzene rings is 1. The molecule has 0 heterocycles. The number of hydrogen-bond acceptors (Lipinski definition) is 3. The maximum Gasteiger partial charge on any atom is 0.240 e. The van der Waals surface area contributed by atoms with Gasteiger partial charge in [0.25, 0.3) is 0 Å². The van der Waals surface area contributed by atoms with Gasteiger partial charge < -0.3 is 5.73 Å². The fourth-order valence-electron chi connectivity index (χ4n) is 1.85. The first-order valence-electron chi connectivity index (χ1n) is 5.95. The highest BCUT2D eigenvalue weighted by Crippen LogP contribution is 2.36. The molecule has 0 amide bonds. The number of nitrogens with two attached hydrogens (primary N) is 1. The van der Waals surface area contributed by atoms with Gasteiger partial charge in [-0.3, -0.25) is 0 Å². The Labute approximate surface area is 113 Å². The summed E-state index contributed by atoms with van der Waals surface area (Å²) in [5, 5.41) is 0.361. The SMILES string of the molecule is CC(CNS(=O)(=O)c1ccc(Cl)c(N)c1)C1CC1. The molecule has 6 heteroatoms. The van der Waals surface area contributed by atoms with Crippen LogP contribution >= 0.6 is 11.6 Å². The van der Waals surface area contributed by atoms with E-state index < -0.39 is 10.0 Å². The van der Waals surface area contributed by atoms with Gasteiger partial charge in [0, 0.05) is 6.54 Å². The molecule has 100 valence electrons. The number of halogens is 1. The highest BCUT2D eigenvalue weighted by molar-refractivity contribution is 7.89. The smallest absolute Gasteiger partial charge is 0.240 e. The zero-order valence-corrected chi connectivity index (χ0v) is 11.8. The molecule has 1 saturated carbocycles. The minimum atomic E-state index is -3.49. The van der Waals surface area contributed by atoms with Crippen molar-refractivity contribution in [3.63, 3.8) is 0 Å². The second kappa shape index (κ2) is 5.07. The molecule has 1 aliphatic rings. The third kappa shape index (κ3) is 3.16. The first-order chi connectivity index (χ1) is 8.40. The van der Waals surface area contributed by atoms with E-state index in [1.54, 1.807) is 0 Å². The standard InChI is InChI=1S/C12H17ClN2O2S/c1-8(9-2-3-9)7-15-18(16,17)10-4-5-11(13)12(14)6-10/h4-6,8-9,15H,2-3,7,14H2,1H3. The molecule has 18 heavy (non-hydrogen) atoms. The summed E-state index contributed by atoms with van der Waals surface area (Å²) >= 11 is 5.77. The van der Waals surface area contributed by atoms with Crippen LogP contribution in [-0.2, 0) is 10.0 Å².